The maximum absolute atomic E-state index is 11.3. The fourth-order valence-electron chi connectivity index (χ4n) is 1.14. The van der Waals surface area contributed by atoms with E-state index < -0.39 is 30.1 Å². The van der Waals surface area contributed by atoms with Crippen molar-refractivity contribution in [2.75, 3.05) is 0 Å². The van der Waals surface area contributed by atoms with E-state index in [2.05, 4.69) is 4.74 Å². The molecule has 0 saturated heterocycles. The molecule has 0 N–H and O–H groups in total. The van der Waals surface area contributed by atoms with Crippen LogP contribution in [0.2, 0.25) is 0 Å². The minimum atomic E-state index is -1.50. The molecule has 0 radical (unpaired) electrons. The molecule has 0 aliphatic rings. The van der Waals surface area contributed by atoms with Gasteiger partial charge in [0.1, 0.15) is 6.10 Å². The molecule has 0 bridgehead atoms. The summed E-state index contributed by atoms with van der Waals surface area (Å²) >= 11 is 0. The van der Waals surface area contributed by atoms with Crippen molar-refractivity contribution in [2.24, 2.45) is 0 Å². The molecule has 0 aliphatic heterocycles. The molecule has 0 aromatic carbocycles. The van der Waals surface area contributed by atoms with Gasteiger partial charge >= 0.3 is 41.5 Å². The van der Waals surface area contributed by atoms with E-state index >= 15 is 0 Å². The molecule has 0 aromatic rings. The predicted octanol–water partition coefficient (Wildman–Crippen LogP) is -2.82. The van der Waals surface area contributed by atoms with Crippen molar-refractivity contribution in [1.82, 2.24) is 0 Å². The summed E-state index contributed by atoms with van der Waals surface area (Å²) in [6.45, 7) is 4.51. The number of carboxylic acids is 1. The van der Waals surface area contributed by atoms with Crippen LogP contribution >= 0.6 is 0 Å². The normalized spacial score (nSPS) is 12.8. The van der Waals surface area contributed by atoms with E-state index in [1.807, 2.05) is 6.92 Å². The number of aliphatic carboxylic acids is 1. The van der Waals surface area contributed by atoms with Gasteiger partial charge in [-0.2, -0.15) is 0 Å². The Bertz CT molecular complexity index is 305. The van der Waals surface area contributed by atoms with Crippen LogP contribution < -0.4 is 34.7 Å². The van der Waals surface area contributed by atoms with Crippen LogP contribution in [-0.4, -0.2) is 30.1 Å². The van der Waals surface area contributed by atoms with E-state index in [1.54, 1.807) is 0 Å². The number of carbonyl (C=O) groups excluding carboxylic acids is 3. The molecule has 0 rings (SSSR count). The molecule has 0 saturated carbocycles. The molecular weight excluding hydrogens is 263 g/mol. The van der Waals surface area contributed by atoms with Gasteiger partial charge in [0.15, 0.2) is 6.10 Å². The monoisotopic (exact) mass is 282 g/mol. The third-order valence-corrected chi connectivity index (χ3v) is 2.25. The van der Waals surface area contributed by atoms with E-state index in [4.69, 9.17) is 4.74 Å². The van der Waals surface area contributed by atoms with Gasteiger partial charge in [-0.25, -0.2) is 4.79 Å². The van der Waals surface area contributed by atoms with Crippen LogP contribution in [0.1, 0.15) is 46.5 Å². The van der Waals surface area contributed by atoms with Gasteiger partial charge in [-0.15, -0.1) is 0 Å². The molecule has 2 atom stereocenters. The fraction of sp³-hybridized carbons (Fsp3) is 0.750. The van der Waals surface area contributed by atoms with Crippen molar-refractivity contribution in [3.8, 4) is 0 Å². The van der Waals surface area contributed by atoms with Crippen molar-refractivity contribution in [3.05, 3.63) is 0 Å². The maximum Gasteiger partial charge on any atom is 1.00 e. The smallest absolute Gasteiger partial charge is 0.546 e. The van der Waals surface area contributed by atoms with Crippen LogP contribution in [0.15, 0.2) is 0 Å². The van der Waals surface area contributed by atoms with Crippen molar-refractivity contribution in [1.29, 1.82) is 0 Å². The number of esters is 2. The molecule has 0 heterocycles. The second-order valence-electron chi connectivity index (χ2n) is 3.99. The fourth-order valence-corrected chi connectivity index (χ4v) is 1.14. The number of carbonyl (C=O) groups is 3. The second kappa shape index (κ2) is 11.3. The van der Waals surface area contributed by atoms with E-state index in [0.29, 0.717) is 6.42 Å². The van der Waals surface area contributed by atoms with Gasteiger partial charge in [-0.05, 0) is 20.3 Å². The Hall–Kier alpha value is -0.590. The van der Waals surface area contributed by atoms with Gasteiger partial charge < -0.3 is 19.4 Å². The van der Waals surface area contributed by atoms with Crippen molar-refractivity contribution >= 4 is 17.9 Å². The van der Waals surface area contributed by atoms with Gasteiger partial charge in [0.25, 0.3) is 0 Å². The Morgan fingerprint density at radius 3 is 2.11 bits per heavy atom. The van der Waals surface area contributed by atoms with Crippen LogP contribution in [0.25, 0.3) is 0 Å². The number of hydrogen-bond donors (Lipinski definition) is 0. The molecule has 0 spiro atoms. The molecule has 6 nitrogen and oxygen atoms in total. The van der Waals surface area contributed by atoms with Gasteiger partial charge in [-0.3, -0.25) is 4.79 Å². The van der Waals surface area contributed by atoms with Crippen molar-refractivity contribution in [2.45, 2.75) is 58.7 Å². The zero-order valence-electron chi connectivity index (χ0n) is 11.9. The molecule has 0 amide bonds. The summed E-state index contributed by atoms with van der Waals surface area (Å²) in [6, 6.07) is 0. The van der Waals surface area contributed by atoms with Gasteiger partial charge in [0, 0.05) is 6.42 Å². The number of hydrogen-bond acceptors (Lipinski definition) is 6. The summed E-state index contributed by atoms with van der Waals surface area (Å²) < 4.78 is 9.33. The first-order valence-electron chi connectivity index (χ1n) is 5.99. The average molecular weight is 282 g/mol. The van der Waals surface area contributed by atoms with Crippen molar-refractivity contribution < 1.29 is 58.5 Å². The zero-order valence-corrected chi connectivity index (χ0v) is 13.9. The number of unbranched alkanes of at least 4 members (excludes halogenated alkanes) is 2. The topological polar surface area (TPSA) is 92.7 Å². The van der Waals surface area contributed by atoms with E-state index in [9.17, 15) is 19.5 Å². The summed E-state index contributed by atoms with van der Waals surface area (Å²) in [7, 11) is 0. The van der Waals surface area contributed by atoms with E-state index in [0.717, 1.165) is 12.8 Å². The summed E-state index contributed by atoms with van der Waals surface area (Å²) in [5.74, 6) is -2.88. The van der Waals surface area contributed by atoms with Crippen LogP contribution in [0, 0.1) is 0 Å². The molecule has 19 heavy (non-hydrogen) atoms. The molecule has 0 aliphatic carbocycles. The summed E-state index contributed by atoms with van der Waals surface area (Å²) in [6.07, 6.45) is 0.359. The predicted molar refractivity (Wildman–Crippen MR) is 60.3 cm³/mol. The molecule has 2 unspecified atom stereocenters. The first-order valence-corrected chi connectivity index (χ1v) is 5.99. The Morgan fingerprint density at radius 1 is 1.05 bits per heavy atom. The SMILES string of the molecule is CCCCCC(=O)OC(C)C(=O)OC(C)C(=O)[O-].[Na+]. The summed E-state index contributed by atoms with van der Waals surface area (Å²) in [5, 5.41) is 10.4. The van der Waals surface area contributed by atoms with E-state index in [1.165, 1.54) is 13.8 Å². The minimum absolute atomic E-state index is 0. The van der Waals surface area contributed by atoms with Crippen molar-refractivity contribution in [3.63, 3.8) is 0 Å². The maximum atomic E-state index is 11.3. The molecule has 7 heteroatoms. The first kappa shape index (κ1) is 20.7. The van der Waals surface area contributed by atoms with E-state index in [-0.39, 0.29) is 36.0 Å². The zero-order chi connectivity index (χ0) is 14.1. The molecular formula is C12H19NaO6. The van der Waals surface area contributed by atoms with Crippen LogP contribution in [-0.2, 0) is 23.9 Å². The van der Waals surface area contributed by atoms with Crippen LogP contribution in [0.4, 0.5) is 0 Å². The van der Waals surface area contributed by atoms with Gasteiger partial charge in [-0.1, -0.05) is 19.8 Å². The summed E-state index contributed by atoms with van der Waals surface area (Å²) in [5.41, 5.74) is 0. The minimum Gasteiger partial charge on any atom is -0.546 e. The number of ether oxygens (including phenoxy) is 2. The second-order valence-corrected chi connectivity index (χ2v) is 3.99. The quantitative estimate of drug-likeness (QED) is 0.271. The largest absolute Gasteiger partial charge is 1.00 e. The van der Waals surface area contributed by atoms with Crippen LogP contribution in [0.5, 0.6) is 0 Å². The van der Waals surface area contributed by atoms with Gasteiger partial charge in [0.05, 0.1) is 5.97 Å². The Kier molecular flexibility index (Phi) is 12.3. The van der Waals surface area contributed by atoms with Gasteiger partial charge in [0.2, 0.25) is 0 Å². The molecule has 104 valence electrons. The number of rotatable bonds is 8. The number of carboxylic acid groups (broad SMARTS) is 1. The third-order valence-electron chi connectivity index (χ3n) is 2.25. The first-order chi connectivity index (χ1) is 8.38. The Balaban J connectivity index is 0. The Morgan fingerprint density at radius 2 is 1.63 bits per heavy atom. The molecule has 0 fully saturated rings. The summed E-state index contributed by atoms with van der Waals surface area (Å²) in [4.78, 5) is 33.0. The Labute approximate surface area is 135 Å². The van der Waals surface area contributed by atoms with Crippen LogP contribution in [0.3, 0.4) is 0 Å². The average Bonchev–Trinajstić information content (AvgIpc) is 2.28. The standard InChI is InChI=1S/C12H20O6.Na/c1-4-5-6-7-10(13)17-9(3)12(16)18-8(2)11(14)15;/h8-9H,4-7H2,1-3H3,(H,14,15);/q;+1/p-1. The third kappa shape index (κ3) is 9.92. The molecule has 0 aromatic heterocycles.